The summed E-state index contributed by atoms with van der Waals surface area (Å²) in [5.74, 6) is 0.620. The van der Waals surface area contributed by atoms with Gasteiger partial charge in [-0.05, 0) is 75.6 Å². The highest BCUT2D eigenvalue weighted by Gasteiger charge is 2.19. The van der Waals surface area contributed by atoms with Crippen molar-refractivity contribution >= 4 is 24.0 Å². The van der Waals surface area contributed by atoms with E-state index in [4.69, 9.17) is 11.6 Å². The molecule has 114 valence electrons. The normalized spacial score (nSPS) is 16.9. The highest BCUT2D eigenvalue weighted by Crippen LogP contribution is 2.24. The van der Waals surface area contributed by atoms with E-state index in [0.29, 0.717) is 5.02 Å². The molecule has 1 aliphatic rings. The van der Waals surface area contributed by atoms with Crippen LogP contribution in [0, 0.1) is 11.7 Å². The van der Waals surface area contributed by atoms with Gasteiger partial charge in [0.25, 0.3) is 0 Å². The van der Waals surface area contributed by atoms with E-state index in [1.165, 1.54) is 25.3 Å². The van der Waals surface area contributed by atoms with Crippen molar-refractivity contribution in [2.75, 3.05) is 26.7 Å². The molecule has 0 unspecified atom stereocenters. The van der Waals surface area contributed by atoms with E-state index < -0.39 is 0 Å². The van der Waals surface area contributed by atoms with Gasteiger partial charge in [-0.25, -0.2) is 4.39 Å². The number of hydrogen-bond donors (Lipinski definition) is 1. The molecule has 2 rings (SSSR count). The first-order valence-electron chi connectivity index (χ1n) is 7.00. The lowest BCUT2D eigenvalue weighted by molar-refractivity contribution is 0.172. The average molecular weight is 321 g/mol. The minimum absolute atomic E-state index is 0. The Kier molecular flexibility index (Phi) is 7.82. The second-order valence-electron chi connectivity index (χ2n) is 5.35. The summed E-state index contributed by atoms with van der Waals surface area (Å²) in [6.45, 7) is 4.03. The fourth-order valence-corrected chi connectivity index (χ4v) is 2.86. The van der Waals surface area contributed by atoms with E-state index in [1.807, 2.05) is 7.05 Å². The molecule has 0 bridgehead atoms. The van der Waals surface area contributed by atoms with Crippen LogP contribution in [0.3, 0.4) is 0 Å². The first-order chi connectivity index (χ1) is 9.19. The van der Waals surface area contributed by atoms with Crippen LogP contribution in [0.1, 0.15) is 24.8 Å². The Balaban J connectivity index is 0.00000200. The van der Waals surface area contributed by atoms with Crippen molar-refractivity contribution in [2.24, 2.45) is 5.92 Å². The zero-order valence-electron chi connectivity index (χ0n) is 11.9. The summed E-state index contributed by atoms with van der Waals surface area (Å²) in [6.07, 6.45) is 3.72. The van der Waals surface area contributed by atoms with Gasteiger partial charge in [0.15, 0.2) is 0 Å². The van der Waals surface area contributed by atoms with Gasteiger partial charge in [-0.3, -0.25) is 4.90 Å². The summed E-state index contributed by atoms with van der Waals surface area (Å²) in [7, 11) is 2.00. The van der Waals surface area contributed by atoms with Crippen LogP contribution in [-0.4, -0.2) is 31.6 Å². The molecule has 2 nitrogen and oxygen atoms in total. The highest BCUT2D eigenvalue weighted by molar-refractivity contribution is 6.31. The van der Waals surface area contributed by atoms with Crippen LogP contribution in [0.5, 0.6) is 0 Å². The number of hydrogen-bond acceptors (Lipinski definition) is 2. The number of likely N-dealkylation sites (tertiary alicyclic amines) is 1. The SMILES string of the molecule is CNCCC1CCN(Cc2cc(F)ccc2Cl)CC1.Cl. The number of rotatable bonds is 5. The van der Waals surface area contributed by atoms with Crippen molar-refractivity contribution in [3.8, 4) is 0 Å². The monoisotopic (exact) mass is 320 g/mol. The summed E-state index contributed by atoms with van der Waals surface area (Å²) >= 11 is 6.11. The Hall–Kier alpha value is -0.350. The third-order valence-corrected chi connectivity index (χ3v) is 4.28. The van der Waals surface area contributed by atoms with Gasteiger partial charge in [-0.15, -0.1) is 12.4 Å². The summed E-state index contributed by atoms with van der Waals surface area (Å²) in [6, 6.07) is 4.61. The molecule has 1 fully saturated rings. The van der Waals surface area contributed by atoms with Crippen molar-refractivity contribution in [3.63, 3.8) is 0 Å². The van der Waals surface area contributed by atoms with E-state index in [0.717, 1.165) is 37.7 Å². The first kappa shape index (κ1) is 17.7. The van der Waals surface area contributed by atoms with E-state index >= 15 is 0 Å². The molecule has 5 heteroatoms. The molecule has 1 aromatic rings. The summed E-state index contributed by atoms with van der Waals surface area (Å²) in [4.78, 5) is 2.37. The molecule has 1 aliphatic heterocycles. The molecule has 0 radical (unpaired) electrons. The van der Waals surface area contributed by atoms with Crippen LogP contribution in [0.2, 0.25) is 5.02 Å². The van der Waals surface area contributed by atoms with E-state index in [1.54, 1.807) is 12.1 Å². The van der Waals surface area contributed by atoms with Gasteiger partial charge in [0.1, 0.15) is 5.82 Å². The molecule has 0 atom stereocenters. The molecule has 1 N–H and O–H groups in total. The summed E-state index contributed by atoms with van der Waals surface area (Å²) in [5.41, 5.74) is 0.898. The van der Waals surface area contributed by atoms with Gasteiger partial charge in [-0.1, -0.05) is 11.6 Å². The van der Waals surface area contributed by atoms with Crippen LogP contribution in [-0.2, 0) is 6.54 Å². The molecule has 1 aromatic carbocycles. The van der Waals surface area contributed by atoms with Gasteiger partial charge < -0.3 is 5.32 Å². The van der Waals surface area contributed by atoms with Crippen LogP contribution >= 0.6 is 24.0 Å². The van der Waals surface area contributed by atoms with Gasteiger partial charge in [-0.2, -0.15) is 0 Å². The Bertz CT molecular complexity index is 407. The zero-order chi connectivity index (χ0) is 13.7. The van der Waals surface area contributed by atoms with Crippen molar-refractivity contribution in [3.05, 3.63) is 34.6 Å². The number of benzene rings is 1. The quantitative estimate of drug-likeness (QED) is 0.889. The van der Waals surface area contributed by atoms with Crippen molar-refractivity contribution < 1.29 is 4.39 Å². The lowest BCUT2D eigenvalue weighted by Gasteiger charge is -2.32. The van der Waals surface area contributed by atoms with Crippen LogP contribution in [0.15, 0.2) is 18.2 Å². The fraction of sp³-hybridized carbons (Fsp3) is 0.600. The van der Waals surface area contributed by atoms with E-state index in [2.05, 4.69) is 10.2 Å². The molecule has 0 spiro atoms. The number of nitrogens with zero attached hydrogens (tertiary/aromatic N) is 1. The molecule has 20 heavy (non-hydrogen) atoms. The standard InChI is InChI=1S/C15H22ClFN2.ClH/c1-18-7-4-12-5-8-19(9-6-12)11-13-10-14(17)2-3-15(13)16;/h2-3,10,12,18H,4-9,11H2,1H3;1H. The predicted molar refractivity (Wildman–Crippen MR) is 85.2 cm³/mol. The second-order valence-corrected chi connectivity index (χ2v) is 5.75. The Morgan fingerprint density at radius 3 is 2.70 bits per heavy atom. The van der Waals surface area contributed by atoms with Crippen LogP contribution in [0.4, 0.5) is 4.39 Å². The Morgan fingerprint density at radius 1 is 1.35 bits per heavy atom. The third-order valence-electron chi connectivity index (χ3n) is 3.91. The van der Waals surface area contributed by atoms with Crippen molar-refractivity contribution in [2.45, 2.75) is 25.8 Å². The molecule has 0 amide bonds. The Morgan fingerprint density at radius 2 is 2.05 bits per heavy atom. The fourth-order valence-electron chi connectivity index (χ4n) is 2.69. The molecular formula is C15H23Cl2FN2. The lowest BCUT2D eigenvalue weighted by atomic mass is 9.93. The minimum Gasteiger partial charge on any atom is -0.320 e. The molecular weight excluding hydrogens is 298 g/mol. The maximum absolute atomic E-state index is 13.2. The maximum Gasteiger partial charge on any atom is 0.123 e. The largest absolute Gasteiger partial charge is 0.320 e. The highest BCUT2D eigenvalue weighted by atomic mass is 35.5. The second kappa shape index (κ2) is 8.83. The van der Waals surface area contributed by atoms with E-state index in [-0.39, 0.29) is 18.2 Å². The molecule has 1 saturated heterocycles. The van der Waals surface area contributed by atoms with Gasteiger partial charge >= 0.3 is 0 Å². The van der Waals surface area contributed by atoms with Crippen LogP contribution < -0.4 is 5.32 Å². The van der Waals surface area contributed by atoms with Crippen molar-refractivity contribution in [1.82, 2.24) is 10.2 Å². The van der Waals surface area contributed by atoms with E-state index in [9.17, 15) is 4.39 Å². The smallest absolute Gasteiger partial charge is 0.123 e. The van der Waals surface area contributed by atoms with Gasteiger partial charge in [0.05, 0.1) is 0 Å². The zero-order valence-corrected chi connectivity index (χ0v) is 13.4. The maximum atomic E-state index is 13.2. The lowest BCUT2D eigenvalue weighted by Crippen LogP contribution is -2.34. The first-order valence-corrected chi connectivity index (χ1v) is 7.37. The van der Waals surface area contributed by atoms with Crippen molar-refractivity contribution in [1.29, 1.82) is 0 Å². The molecule has 1 heterocycles. The molecule has 0 aromatic heterocycles. The van der Waals surface area contributed by atoms with Crippen LogP contribution in [0.25, 0.3) is 0 Å². The predicted octanol–water partition coefficient (Wildman–Crippen LogP) is 3.72. The molecule has 0 aliphatic carbocycles. The number of halogens is 3. The van der Waals surface area contributed by atoms with Gasteiger partial charge in [0.2, 0.25) is 0 Å². The Labute approximate surface area is 132 Å². The average Bonchev–Trinajstić information content (AvgIpc) is 2.42. The summed E-state index contributed by atoms with van der Waals surface area (Å²) in [5, 5.41) is 3.87. The molecule has 0 saturated carbocycles. The van der Waals surface area contributed by atoms with Gasteiger partial charge in [0, 0.05) is 11.6 Å². The minimum atomic E-state index is -0.205. The number of nitrogens with one attached hydrogen (secondary N) is 1. The summed E-state index contributed by atoms with van der Waals surface area (Å²) < 4.78 is 13.2. The number of piperidine rings is 1. The third kappa shape index (κ3) is 5.21. The topological polar surface area (TPSA) is 15.3 Å².